The van der Waals surface area contributed by atoms with Crippen molar-refractivity contribution in [2.75, 3.05) is 31.2 Å². The molecule has 3 N–H and O–H groups in total. The minimum atomic E-state index is 0.116. The van der Waals surface area contributed by atoms with E-state index in [2.05, 4.69) is 4.90 Å². The zero-order valence-electron chi connectivity index (χ0n) is 8.57. The minimum Gasteiger partial charge on any atom is -0.384 e. The molecule has 0 aromatic heterocycles. The number of benzene rings is 1. The lowest BCUT2D eigenvalue weighted by molar-refractivity contribution is 0.122. The molecule has 4 nitrogen and oxygen atoms in total. The van der Waals surface area contributed by atoms with E-state index in [0.29, 0.717) is 0 Å². The van der Waals surface area contributed by atoms with Crippen molar-refractivity contribution in [2.45, 2.75) is 0 Å². The van der Waals surface area contributed by atoms with Crippen LogP contribution in [0.1, 0.15) is 5.56 Å². The highest BCUT2D eigenvalue weighted by molar-refractivity contribution is 5.95. The van der Waals surface area contributed by atoms with Gasteiger partial charge in [-0.05, 0) is 12.1 Å². The van der Waals surface area contributed by atoms with E-state index >= 15 is 0 Å². The molecule has 1 aliphatic rings. The van der Waals surface area contributed by atoms with Crippen molar-refractivity contribution in [3.63, 3.8) is 0 Å². The molecule has 0 saturated carbocycles. The predicted molar refractivity (Wildman–Crippen MR) is 60.5 cm³/mol. The van der Waals surface area contributed by atoms with E-state index in [9.17, 15) is 0 Å². The lowest BCUT2D eigenvalue weighted by Crippen LogP contribution is -2.36. The minimum absolute atomic E-state index is 0.116. The van der Waals surface area contributed by atoms with Crippen LogP contribution >= 0.6 is 0 Å². The fraction of sp³-hybridized carbons (Fsp3) is 0.364. The zero-order chi connectivity index (χ0) is 10.7. The molecular weight excluding hydrogens is 190 g/mol. The molecule has 0 bridgehead atoms. The summed E-state index contributed by atoms with van der Waals surface area (Å²) in [5.41, 5.74) is 7.35. The van der Waals surface area contributed by atoms with Crippen molar-refractivity contribution in [1.82, 2.24) is 0 Å². The Morgan fingerprint density at radius 3 is 2.73 bits per heavy atom. The fourth-order valence-electron chi connectivity index (χ4n) is 1.69. The number of nitrogens with zero attached hydrogens (tertiary/aromatic N) is 1. The molecule has 0 unspecified atom stereocenters. The van der Waals surface area contributed by atoms with Gasteiger partial charge in [-0.15, -0.1) is 0 Å². The standard InChI is InChI=1S/C11H15N3O/c12-11(13)9-2-1-3-10(8-9)14-4-6-15-7-5-14/h1-3,8H,4-7H2,(H3,12,13). The molecule has 2 rings (SSSR count). The number of hydrogen-bond donors (Lipinski definition) is 2. The van der Waals surface area contributed by atoms with Crippen molar-refractivity contribution >= 4 is 11.5 Å². The molecule has 0 aliphatic carbocycles. The van der Waals surface area contributed by atoms with Gasteiger partial charge in [0.25, 0.3) is 0 Å². The number of nitrogen functional groups attached to an aromatic ring is 1. The molecule has 0 atom stereocenters. The Kier molecular flexibility index (Phi) is 2.87. The van der Waals surface area contributed by atoms with Crippen LogP contribution in [0, 0.1) is 5.41 Å². The Morgan fingerprint density at radius 2 is 2.07 bits per heavy atom. The average Bonchev–Trinajstić information content (AvgIpc) is 2.30. The van der Waals surface area contributed by atoms with Gasteiger partial charge in [0.15, 0.2) is 0 Å². The van der Waals surface area contributed by atoms with Crippen LogP contribution in [0.2, 0.25) is 0 Å². The molecule has 1 aromatic rings. The van der Waals surface area contributed by atoms with Crippen molar-refractivity contribution in [3.05, 3.63) is 29.8 Å². The second kappa shape index (κ2) is 4.31. The van der Waals surface area contributed by atoms with E-state index in [1.54, 1.807) is 0 Å². The summed E-state index contributed by atoms with van der Waals surface area (Å²) >= 11 is 0. The van der Waals surface area contributed by atoms with Gasteiger partial charge in [0.05, 0.1) is 13.2 Å². The Bertz CT molecular complexity index is 359. The van der Waals surface area contributed by atoms with Gasteiger partial charge in [-0.25, -0.2) is 0 Å². The van der Waals surface area contributed by atoms with Crippen LogP contribution in [-0.2, 0) is 4.74 Å². The van der Waals surface area contributed by atoms with Gasteiger partial charge < -0.3 is 15.4 Å². The third-order valence-electron chi connectivity index (χ3n) is 2.53. The smallest absolute Gasteiger partial charge is 0.122 e. The quantitative estimate of drug-likeness (QED) is 0.554. The fourth-order valence-corrected chi connectivity index (χ4v) is 1.69. The lowest BCUT2D eigenvalue weighted by Gasteiger charge is -2.29. The summed E-state index contributed by atoms with van der Waals surface area (Å²) in [7, 11) is 0. The van der Waals surface area contributed by atoms with Gasteiger partial charge in [-0.3, -0.25) is 5.41 Å². The second-order valence-corrected chi connectivity index (χ2v) is 3.56. The van der Waals surface area contributed by atoms with Crippen molar-refractivity contribution < 1.29 is 4.74 Å². The molecular formula is C11H15N3O. The Hall–Kier alpha value is -1.55. The first-order chi connectivity index (χ1) is 7.27. The monoisotopic (exact) mass is 205 g/mol. The van der Waals surface area contributed by atoms with E-state index in [-0.39, 0.29) is 5.84 Å². The topological polar surface area (TPSA) is 62.3 Å². The SMILES string of the molecule is N=C(N)c1cccc(N2CCOCC2)c1. The number of ether oxygens (including phenoxy) is 1. The number of nitrogens with one attached hydrogen (secondary N) is 1. The van der Waals surface area contributed by atoms with Crippen LogP contribution in [0.15, 0.2) is 24.3 Å². The van der Waals surface area contributed by atoms with Gasteiger partial charge in [0.1, 0.15) is 5.84 Å². The normalized spacial score (nSPS) is 16.4. The number of anilines is 1. The van der Waals surface area contributed by atoms with Crippen LogP contribution in [0.3, 0.4) is 0 Å². The first-order valence-electron chi connectivity index (χ1n) is 5.04. The zero-order valence-corrected chi connectivity index (χ0v) is 8.57. The molecule has 1 heterocycles. The second-order valence-electron chi connectivity index (χ2n) is 3.56. The molecule has 80 valence electrons. The Labute approximate surface area is 89.1 Å². The molecule has 15 heavy (non-hydrogen) atoms. The molecule has 1 saturated heterocycles. The van der Waals surface area contributed by atoms with Gasteiger partial charge in [0, 0.05) is 24.3 Å². The molecule has 0 amide bonds. The van der Waals surface area contributed by atoms with E-state index in [1.807, 2.05) is 24.3 Å². The maximum Gasteiger partial charge on any atom is 0.122 e. The van der Waals surface area contributed by atoms with Crippen LogP contribution in [0.25, 0.3) is 0 Å². The van der Waals surface area contributed by atoms with E-state index in [1.165, 1.54) is 0 Å². The maximum absolute atomic E-state index is 7.38. The summed E-state index contributed by atoms with van der Waals surface area (Å²) in [4.78, 5) is 2.25. The molecule has 4 heteroatoms. The summed E-state index contributed by atoms with van der Waals surface area (Å²) in [5.74, 6) is 0.116. The highest BCUT2D eigenvalue weighted by Crippen LogP contribution is 2.17. The summed E-state index contributed by atoms with van der Waals surface area (Å²) < 4.78 is 5.29. The lowest BCUT2D eigenvalue weighted by atomic mass is 10.1. The van der Waals surface area contributed by atoms with Crippen LogP contribution < -0.4 is 10.6 Å². The molecule has 0 radical (unpaired) electrons. The van der Waals surface area contributed by atoms with Gasteiger partial charge in [-0.2, -0.15) is 0 Å². The summed E-state index contributed by atoms with van der Waals surface area (Å²) in [6.45, 7) is 3.34. The summed E-state index contributed by atoms with van der Waals surface area (Å²) in [6, 6.07) is 7.78. The molecule has 0 spiro atoms. The molecule has 1 aromatic carbocycles. The number of amidine groups is 1. The van der Waals surface area contributed by atoms with E-state index < -0.39 is 0 Å². The first kappa shape index (κ1) is 9.98. The van der Waals surface area contributed by atoms with E-state index in [0.717, 1.165) is 37.6 Å². The number of nitrogens with two attached hydrogens (primary N) is 1. The summed E-state index contributed by atoms with van der Waals surface area (Å²) in [5, 5.41) is 7.38. The highest BCUT2D eigenvalue weighted by Gasteiger charge is 2.11. The third kappa shape index (κ3) is 2.27. The van der Waals surface area contributed by atoms with Gasteiger partial charge in [-0.1, -0.05) is 12.1 Å². The maximum atomic E-state index is 7.38. The predicted octanol–water partition coefficient (Wildman–Crippen LogP) is 0.807. The van der Waals surface area contributed by atoms with Crippen molar-refractivity contribution in [2.24, 2.45) is 5.73 Å². The van der Waals surface area contributed by atoms with Crippen molar-refractivity contribution in [3.8, 4) is 0 Å². The molecule has 1 fully saturated rings. The van der Waals surface area contributed by atoms with Gasteiger partial charge >= 0.3 is 0 Å². The van der Waals surface area contributed by atoms with Crippen molar-refractivity contribution in [1.29, 1.82) is 5.41 Å². The Morgan fingerprint density at radius 1 is 1.33 bits per heavy atom. The van der Waals surface area contributed by atoms with Crippen LogP contribution in [-0.4, -0.2) is 32.1 Å². The highest BCUT2D eigenvalue weighted by atomic mass is 16.5. The molecule has 1 aliphatic heterocycles. The average molecular weight is 205 g/mol. The van der Waals surface area contributed by atoms with Crippen LogP contribution in [0.5, 0.6) is 0 Å². The number of morpholine rings is 1. The first-order valence-corrected chi connectivity index (χ1v) is 5.04. The third-order valence-corrected chi connectivity index (χ3v) is 2.53. The van der Waals surface area contributed by atoms with Crippen LogP contribution in [0.4, 0.5) is 5.69 Å². The largest absolute Gasteiger partial charge is 0.384 e. The van der Waals surface area contributed by atoms with E-state index in [4.69, 9.17) is 15.9 Å². The Balaban J connectivity index is 2.19. The number of rotatable bonds is 2. The van der Waals surface area contributed by atoms with Gasteiger partial charge in [0.2, 0.25) is 0 Å². The summed E-state index contributed by atoms with van der Waals surface area (Å²) in [6.07, 6.45) is 0. The number of hydrogen-bond acceptors (Lipinski definition) is 3.